The van der Waals surface area contributed by atoms with Gasteiger partial charge < -0.3 is 4.57 Å². The highest BCUT2D eigenvalue weighted by Crippen LogP contribution is 2.31. The number of aryl methyl sites for hydroxylation is 1. The predicted molar refractivity (Wildman–Crippen MR) is 64.8 cm³/mol. The Balaban J connectivity index is 2.41. The van der Waals surface area contributed by atoms with Crippen molar-refractivity contribution in [1.29, 1.82) is 5.26 Å². The summed E-state index contributed by atoms with van der Waals surface area (Å²) in [7, 11) is 0. The van der Waals surface area contributed by atoms with E-state index in [0.717, 1.165) is 37.0 Å². The lowest BCUT2D eigenvalue weighted by atomic mass is 10.1. The summed E-state index contributed by atoms with van der Waals surface area (Å²) in [5.41, 5.74) is 3.26. The Morgan fingerprint density at radius 3 is 3.00 bits per heavy atom. The number of hydrogen-bond acceptors (Lipinski definition) is 3. The molecule has 0 atom stereocenters. The zero-order valence-electron chi connectivity index (χ0n) is 9.28. The first-order valence-electron chi connectivity index (χ1n) is 5.74. The quantitative estimate of drug-likeness (QED) is 0.672. The monoisotopic (exact) mass is 246 g/mol. The molecule has 0 fully saturated rings. The number of fused-ring (bicyclic) bond motifs is 3. The zero-order valence-corrected chi connectivity index (χ0v) is 10.0. The Bertz CT molecular complexity index is 623. The maximum Gasteiger partial charge on any atom is 0.156 e. The first-order chi connectivity index (χ1) is 8.33. The van der Waals surface area contributed by atoms with Gasteiger partial charge >= 0.3 is 0 Å². The lowest BCUT2D eigenvalue weighted by molar-refractivity contribution is 0.648. The fourth-order valence-electron chi connectivity index (χ4n) is 2.55. The normalized spacial score (nSPS) is 15.3. The van der Waals surface area contributed by atoms with Crippen LogP contribution in [0.15, 0.2) is 6.33 Å². The number of rotatable bonds is 0. The minimum Gasteiger partial charge on any atom is -0.339 e. The molecule has 0 N–H and O–H groups in total. The molecule has 3 heterocycles. The summed E-state index contributed by atoms with van der Waals surface area (Å²) in [6, 6.07) is 2.26. The van der Waals surface area contributed by atoms with Crippen molar-refractivity contribution in [3.05, 3.63) is 22.7 Å². The number of halogens is 1. The van der Waals surface area contributed by atoms with E-state index in [-0.39, 0.29) is 0 Å². The van der Waals surface area contributed by atoms with Gasteiger partial charge in [-0.15, -0.1) is 0 Å². The maximum absolute atomic E-state index is 9.30. The van der Waals surface area contributed by atoms with Crippen molar-refractivity contribution >= 4 is 22.6 Å². The van der Waals surface area contributed by atoms with Gasteiger partial charge in [0.2, 0.25) is 0 Å². The summed E-state index contributed by atoms with van der Waals surface area (Å²) >= 11 is 6.14. The Morgan fingerprint density at radius 1 is 1.29 bits per heavy atom. The van der Waals surface area contributed by atoms with Crippen LogP contribution in [-0.2, 0) is 13.0 Å². The molecule has 2 aromatic rings. The van der Waals surface area contributed by atoms with E-state index >= 15 is 0 Å². The molecule has 1 aliphatic heterocycles. The Kier molecular flexibility index (Phi) is 2.49. The average Bonchev–Trinajstić information content (AvgIpc) is 2.49. The van der Waals surface area contributed by atoms with Crippen LogP contribution >= 0.6 is 11.6 Å². The molecule has 4 nitrogen and oxygen atoms in total. The summed E-state index contributed by atoms with van der Waals surface area (Å²) in [5, 5.41) is 9.74. The van der Waals surface area contributed by atoms with Gasteiger partial charge in [0.15, 0.2) is 5.15 Å². The van der Waals surface area contributed by atoms with E-state index in [1.165, 1.54) is 12.7 Å². The van der Waals surface area contributed by atoms with Gasteiger partial charge in [-0.3, -0.25) is 0 Å². The van der Waals surface area contributed by atoms with Crippen molar-refractivity contribution in [2.24, 2.45) is 0 Å². The summed E-state index contributed by atoms with van der Waals surface area (Å²) in [4.78, 5) is 8.23. The van der Waals surface area contributed by atoms with E-state index in [9.17, 15) is 5.26 Å². The van der Waals surface area contributed by atoms with Crippen LogP contribution in [-0.4, -0.2) is 14.5 Å². The molecule has 86 valence electrons. The number of hydrogen-bond donors (Lipinski definition) is 0. The average molecular weight is 247 g/mol. The van der Waals surface area contributed by atoms with Crippen LogP contribution in [0.2, 0.25) is 5.15 Å². The summed E-state index contributed by atoms with van der Waals surface area (Å²) in [6.45, 7) is 0.903. The van der Waals surface area contributed by atoms with Crippen molar-refractivity contribution < 1.29 is 0 Å². The Morgan fingerprint density at radius 2 is 2.18 bits per heavy atom. The molecule has 1 aliphatic rings. The van der Waals surface area contributed by atoms with Crippen LogP contribution < -0.4 is 0 Å². The van der Waals surface area contributed by atoms with Crippen LogP contribution in [0.4, 0.5) is 0 Å². The highest BCUT2D eigenvalue weighted by molar-refractivity contribution is 6.33. The van der Waals surface area contributed by atoms with Crippen molar-refractivity contribution in [2.75, 3.05) is 0 Å². The molecular formula is C12H11ClN4. The van der Waals surface area contributed by atoms with Crippen LogP contribution in [0.1, 0.15) is 30.5 Å². The van der Waals surface area contributed by atoms with E-state index in [1.54, 1.807) is 0 Å². The maximum atomic E-state index is 9.30. The molecule has 0 aliphatic carbocycles. The number of nitrogens with zero attached hydrogens (tertiary/aromatic N) is 4. The smallest absolute Gasteiger partial charge is 0.156 e. The van der Waals surface area contributed by atoms with Gasteiger partial charge in [0.05, 0.1) is 5.56 Å². The minimum atomic E-state index is 0.444. The molecule has 0 spiro atoms. The lowest BCUT2D eigenvalue weighted by Crippen LogP contribution is -2.01. The molecule has 17 heavy (non-hydrogen) atoms. The summed E-state index contributed by atoms with van der Waals surface area (Å²) < 4.78 is 2.13. The highest BCUT2D eigenvalue weighted by Gasteiger charge is 2.21. The topological polar surface area (TPSA) is 54.5 Å². The van der Waals surface area contributed by atoms with Gasteiger partial charge in [-0.2, -0.15) is 5.26 Å². The van der Waals surface area contributed by atoms with E-state index in [2.05, 4.69) is 20.6 Å². The largest absolute Gasteiger partial charge is 0.339 e. The fraction of sp³-hybridized carbons (Fsp3) is 0.417. The minimum absolute atomic E-state index is 0.444. The molecular weight excluding hydrogens is 236 g/mol. The van der Waals surface area contributed by atoms with Crippen molar-refractivity contribution in [1.82, 2.24) is 14.5 Å². The molecule has 0 saturated heterocycles. The molecule has 5 heteroatoms. The molecule has 0 aromatic carbocycles. The molecule has 0 saturated carbocycles. The van der Waals surface area contributed by atoms with Gasteiger partial charge in [-0.05, 0) is 19.3 Å². The fourth-order valence-corrected chi connectivity index (χ4v) is 2.78. The van der Waals surface area contributed by atoms with Crippen molar-refractivity contribution in [3.8, 4) is 6.07 Å². The second kappa shape index (κ2) is 4.01. The summed E-state index contributed by atoms with van der Waals surface area (Å²) in [5.74, 6) is 0. The van der Waals surface area contributed by atoms with Crippen molar-refractivity contribution in [2.45, 2.75) is 32.2 Å². The molecule has 0 amide bonds. The molecule has 0 unspecified atom stereocenters. The molecule has 2 aromatic heterocycles. The van der Waals surface area contributed by atoms with E-state index in [4.69, 9.17) is 11.6 Å². The van der Waals surface area contributed by atoms with Gasteiger partial charge in [-0.25, -0.2) is 9.97 Å². The first kappa shape index (κ1) is 10.5. The number of aromatic nitrogens is 3. The standard InChI is InChI=1S/C12H11ClN4/c13-12-11-10(15-7-16-12)8(6-14)9-4-2-1-3-5-17(9)11/h7H,1-5H2. The van der Waals surface area contributed by atoms with Crippen LogP contribution in [0, 0.1) is 11.3 Å². The Labute approximate surface area is 104 Å². The second-order valence-corrected chi connectivity index (χ2v) is 4.62. The van der Waals surface area contributed by atoms with Gasteiger partial charge in [-0.1, -0.05) is 18.0 Å². The lowest BCUT2D eigenvalue weighted by Gasteiger charge is -2.05. The third-order valence-electron chi connectivity index (χ3n) is 3.31. The highest BCUT2D eigenvalue weighted by atomic mass is 35.5. The SMILES string of the molecule is N#Cc1c2n(c3c(Cl)ncnc13)CCCCC2. The van der Waals surface area contributed by atoms with E-state index in [0.29, 0.717) is 16.2 Å². The number of nitriles is 1. The third kappa shape index (κ3) is 1.50. The zero-order chi connectivity index (χ0) is 11.8. The van der Waals surface area contributed by atoms with Crippen LogP contribution in [0.25, 0.3) is 11.0 Å². The Hall–Kier alpha value is -1.60. The second-order valence-electron chi connectivity index (χ2n) is 4.26. The van der Waals surface area contributed by atoms with Crippen molar-refractivity contribution in [3.63, 3.8) is 0 Å². The molecule has 0 radical (unpaired) electrons. The van der Waals surface area contributed by atoms with E-state index in [1.807, 2.05) is 0 Å². The molecule has 0 bridgehead atoms. The van der Waals surface area contributed by atoms with Gasteiger partial charge in [0.1, 0.15) is 23.4 Å². The predicted octanol–water partition coefficient (Wildman–Crippen LogP) is 2.68. The first-order valence-corrected chi connectivity index (χ1v) is 6.12. The van der Waals surface area contributed by atoms with Crippen LogP contribution in [0.5, 0.6) is 0 Å². The van der Waals surface area contributed by atoms with Gasteiger partial charge in [0.25, 0.3) is 0 Å². The third-order valence-corrected chi connectivity index (χ3v) is 3.58. The summed E-state index contributed by atoms with van der Waals surface area (Å²) in [6.07, 6.45) is 5.78. The van der Waals surface area contributed by atoms with Gasteiger partial charge in [0, 0.05) is 12.2 Å². The molecule has 3 rings (SSSR count). The van der Waals surface area contributed by atoms with Crippen LogP contribution in [0.3, 0.4) is 0 Å². The van der Waals surface area contributed by atoms with E-state index < -0.39 is 0 Å².